The summed E-state index contributed by atoms with van der Waals surface area (Å²) in [5.41, 5.74) is 6.78. The number of halogens is 1. The Hall–Kier alpha value is -3.07. The molecule has 0 bridgehead atoms. The molecule has 0 aliphatic carbocycles. The van der Waals surface area contributed by atoms with Crippen LogP contribution in [0.2, 0.25) is 0 Å². The first-order chi connectivity index (χ1) is 13.4. The van der Waals surface area contributed by atoms with Crippen LogP contribution in [-0.2, 0) is 4.74 Å². The second kappa shape index (κ2) is 9.75. The molecule has 2 aromatic carbocycles. The van der Waals surface area contributed by atoms with Crippen LogP contribution in [0.1, 0.15) is 5.56 Å². The maximum atomic E-state index is 13.9. The lowest BCUT2D eigenvalue weighted by atomic mass is 10.1. The number of nitrogen functional groups attached to an aromatic ring is 1. The van der Waals surface area contributed by atoms with Crippen LogP contribution in [0.15, 0.2) is 46.4 Å². The monoisotopic (exact) mass is 405 g/mol. The highest BCUT2D eigenvalue weighted by Gasteiger charge is 2.17. The van der Waals surface area contributed by atoms with Gasteiger partial charge in [0.15, 0.2) is 11.5 Å². The Kier molecular flexibility index (Phi) is 7.39. The number of ether oxygens (including phenoxy) is 3. The minimum absolute atomic E-state index is 0.0138. The highest BCUT2D eigenvalue weighted by atomic mass is 32.2. The highest BCUT2D eigenvalue weighted by Crippen LogP contribution is 2.29. The molecular weight excluding hydrogens is 385 g/mol. The van der Waals surface area contributed by atoms with E-state index in [1.54, 1.807) is 30.5 Å². The Balaban J connectivity index is 2.68. The second-order valence-electron chi connectivity index (χ2n) is 5.33. The summed E-state index contributed by atoms with van der Waals surface area (Å²) in [5.74, 6) is 0.401. The van der Waals surface area contributed by atoms with Gasteiger partial charge in [-0.25, -0.2) is 14.2 Å². The van der Waals surface area contributed by atoms with Crippen molar-refractivity contribution < 1.29 is 23.4 Å². The Morgan fingerprint density at radius 3 is 2.36 bits per heavy atom. The molecule has 0 saturated heterocycles. The van der Waals surface area contributed by atoms with Crippen molar-refractivity contribution in [1.29, 1.82) is 0 Å². The van der Waals surface area contributed by atoms with E-state index in [0.717, 1.165) is 0 Å². The summed E-state index contributed by atoms with van der Waals surface area (Å²) in [7, 11) is 4.26. The van der Waals surface area contributed by atoms with Crippen LogP contribution in [0, 0.1) is 5.82 Å². The zero-order valence-corrected chi connectivity index (χ0v) is 16.7. The van der Waals surface area contributed by atoms with E-state index in [-0.39, 0.29) is 10.7 Å². The number of hydrogen-bond acceptors (Lipinski definition) is 7. The first-order valence-electron chi connectivity index (χ1n) is 8.00. The van der Waals surface area contributed by atoms with Gasteiger partial charge in [0.25, 0.3) is 0 Å². The first-order valence-corrected chi connectivity index (χ1v) is 9.23. The van der Waals surface area contributed by atoms with Crippen LogP contribution in [-0.4, -0.2) is 44.4 Å². The predicted molar refractivity (Wildman–Crippen MR) is 110 cm³/mol. The van der Waals surface area contributed by atoms with Gasteiger partial charge in [-0.1, -0.05) is 0 Å². The number of aliphatic imine (C=N–C) groups is 2. The number of anilines is 1. The van der Waals surface area contributed by atoms with Gasteiger partial charge in [0.1, 0.15) is 16.6 Å². The maximum absolute atomic E-state index is 13.9. The number of nitrogens with two attached hydrogens (primary N) is 1. The third-order valence-electron chi connectivity index (χ3n) is 3.65. The molecule has 0 saturated carbocycles. The number of hydrogen-bond donors (Lipinski definition) is 1. The molecule has 0 aliphatic heterocycles. The molecule has 0 aliphatic rings. The maximum Gasteiger partial charge on any atom is 0.434 e. The average Bonchev–Trinajstić information content (AvgIpc) is 2.72. The normalized spacial score (nSPS) is 11.9. The van der Waals surface area contributed by atoms with Gasteiger partial charge < -0.3 is 19.9 Å². The number of thioether (sulfide) groups is 1. The molecule has 0 radical (unpaired) electrons. The van der Waals surface area contributed by atoms with E-state index in [1.165, 1.54) is 45.2 Å². The summed E-state index contributed by atoms with van der Waals surface area (Å²) in [4.78, 5) is 20.1. The van der Waals surface area contributed by atoms with E-state index in [4.69, 9.17) is 15.2 Å². The van der Waals surface area contributed by atoms with Crippen LogP contribution >= 0.6 is 11.8 Å². The number of amides is 1. The minimum atomic E-state index is -0.777. The fourth-order valence-corrected chi connectivity index (χ4v) is 2.78. The molecule has 2 N–H and O–H groups in total. The lowest BCUT2D eigenvalue weighted by Crippen LogP contribution is -2.14. The smallest absolute Gasteiger partial charge is 0.434 e. The van der Waals surface area contributed by atoms with Crippen molar-refractivity contribution in [2.24, 2.45) is 9.98 Å². The van der Waals surface area contributed by atoms with Crippen molar-refractivity contribution in [1.82, 2.24) is 0 Å². The summed E-state index contributed by atoms with van der Waals surface area (Å²) < 4.78 is 29.1. The Morgan fingerprint density at radius 1 is 1.07 bits per heavy atom. The second-order valence-corrected chi connectivity index (χ2v) is 6.12. The van der Waals surface area contributed by atoms with Crippen molar-refractivity contribution in [2.45, 2.75) is 0 Å². The van der Waals surface area contributed by atoms with Crippen LogP contribution in [0.4, 0.5) is 20.6 Å². The third kappa shape index (κ3) is 5.01. The first kappa shape index (κ1) is 21.2. The van der Waals surface area contributed by atoms with Crippen LogP contribution < -0.4 is 15.2 Å². The lowest BCUT2D eigenvalue weighted by molar-refractivity contribution is 0.183. The van der Waals surface area contributed by atoms with E-state index in [1.807, 2.05) is 0 Å². The van der Waals surface area contributed by atoms with Gasteiger partial charge in [-0.05, 0) is 36.6 Å². The average molecular weight is 405 g/mol. The molecule has 148 valence electrons. The predicted octanol–water partition coefficient (Wildman–Crippen LogP) is 4.07. The molecule has 2 rings (SSSR count). The van der Waals surface area contributed by atoms with E-state index in [2.05, 4.69) is 14.7 Å². The number of methoxy groups -OCH3 is 3. The topological polar surface area (TPSA) is 95.5 Å². The van der Waals surface area contributed by atoms with Crippen molar-refractivity contribution in [3.63, 3.8) is 0 Å². The summed E-state index contributed by atoms with van der Waals surface area (Å²) >= 11 is 1.19. The molecule has 7 nitrogen and oxygen atoms in total. The highest BCUT2D eigenvalue weighted by molar-refractivity contribution is 8.15. The van der Waals surface area contributed by atoms with Crippen molar-refractivity contribution in [2.75, 3.05) is 33.3 Å². The molecule has 0 fully saturated rings. The number of nitrogens with zero attached hydrogens (tertiary/aromatic N) is 2. The molecule has 0 atom stereocenters. The summed E-state index contributed by atoms with van der Waals surface area (Å²) in [6.07, 6.45) is 0.961. The van der Waals surface area contributed by atoms with Gasteiger partial charge in [0.05, 0.1) is 32.7 Å². The fourth-order valence-electron chi connectivity index (χ4n) is 2.26. The molecular formula is C19H20FN3O4S. The lowest BCUT2D eigenvalue weighted by Gasteiger charge is -2.12. The van der Waals surface area contributed by atoms with E-state index in [0.29, 0.717) is 28.5 Å². The molecule has 28 heavy (non-hydrogen) atoms. The number of carbonyl (C=O) groups is 1. The van der Waals surface area contributed by atoms with Crippen LogP contribution in [0.25, 0.3) is 0 Å². The largest absolute Gasteiger partial charge is 0.493 e. The van der Waals surface area contributed by atoms with Gasteiger partial charge in [0.2, 0.25) is 0 Å². The minimum Gasteiger partial charge on any atom is -0.493 e. The number of carbonyl (C=O) groups excluding carboxylic acids is 1. The Labute approximate surface area is 166 Å². The number of benzene rings is 2. The van der Waals surface area contributed by atoms with Crippen LogP contribution in [0.3, 0.4) is 0 Å². The van der Waals surface area contributed by atoms with Crippen LogP contribution in [0.5, 0.6) is 11.5 Å². The summed E-state index contributed by atoms with van der Waals surface area (Å²) in [6.45, 7) is 0. The fraction of sp³-hybridized carbons (Fsp3) is 0.211. The number of rotatable bonds is 5. The standard InChI is InChI=1S/C19H20FN3O4S/c1-25-15-8-5-11(9-16(15)26-2)17(18(28-4)23-19(24)27-3)22-12-6-7-14(21)13(20)10-12/h5-10H,21H2,1-4H3. The molecule has 2 aromatic rings. The molecule has 1 amide bonds. The zero-order chi connectivity index (χ0) is 20.7. The van der Waals surface area contributed by atoms with Gasteiger partial charge in [-0.15, -0.1) is 11.8 Å². The summed E-state index contributed by atoms with van der Waals surface area (Å²) in [5, 5.41) is 0.288. The molecule has 0 aromatic heterocycles. The molecule has 9 heteroatoms. The van der Waals surface area contributed by atoms with Gasteiger partial charge in [-0.2, -0.15) is 4.99 Å². The molecule has 0 unspecified atom stereocenters. The van der Waals surface area contributed by atoms with E-state index in [9.17, 15) is 9.18 Å². The Morgan fingerprint density at radius 2 is 1.79 bits per heavy atom. The Bertz CT molecular complexity index is 931. The van der Waals surface area contributed by atoms with E-state index >= 15 is 0 Å². The van der Waals surface area contributed by atoms with Crippen molar-refractivity contribution >= 4 is 40.0 Å². The quantitative estimate of drug-likeness (QED) is 0.458. The van der Waals surface area contributed by atoms with Crippen molar-refractivity contribution in [3.8, 4) is 11.5 Å². The molecule has 0 spiro atoms. The SMILES string of the molecule is COC(=O)N=C(SC)C(=Nc1ccc(N)c(F)c1)c1ccc(OC)c(OC)c1. The van der Waals surface area contributed by atoms with E-state index < -0.39 is 11.9 Å². The van der Waals surface area contributed by atoms with Crippen molar-refractivity contribution in [3.05, 3.63) is 47.8 Å². The molecule has 0 heterocycles. The summed E-state index contributed by atoms with van der Waals surface area (Å²) in [6, 6.07) is 9.30. The van der Waals surface area contributed by atoms with Gasteiger partial charge >= 0.3 is 6.09 Å². The third-order valence-corrected chi connectivity index (χ3v) is 4.32. The zero-order valence-electron chi connectivity index (χ0n) is 15.9. The van der Waals surface area contributed by atoms with Gasteiger partial charge in [0, 0.05) is 11.6 Å². The van der Waals surface area contributed by atoms with Gasteiger partial charge in [-0.3, -0.25) is 0 Å².